The second kappa shape index (κ2) is 7.48. The lowest BCUT2D eigenvalue weighted by Gasteiger charge is -2.18. The summed E-state index contributed by atoms with van der Waals surface area (Å²) in [6.07, 6.45) is 0. The van der Waals surface area contributed by atoms with Crippen LogP contribution in [0.15, 0.2) is 29.4 Å². The molecule has 0 aliphatic rings. The summed E-state index contributed by atoms with van der Waals surface area (Å²) >= 11 is 1.26. The third-order valence-electron chi connectivity index (χ3n) is 3.49. The van der Waals surface area contributed by atoms with Crippen molar-refractivity contribution in [2.45, 2.75) is 31.2 Å². The minimum absolute atomic E-state index is 0.00567. The Hall–Kier alpha value is -2.35. The maximum atomic E-state index is 12.1. The van der Waals surface area contributed by atoms with Gasteiger partial charge in [-0.05, 0) is 12.8 Å². The van der Waals surface area contributed by atoms with Gasteiger partial charge in [0.15, 0.2) is 11.0 Å². The van der Waals surface area contributed by atoms with Crippen LogP contribution in [0.4, 0.5) is 4.79 Å². The number of thioether (sulfide) groups is 1. The normalized spacial score (nSPS) is 12.2. The highest BCUT2D eigenvalue weighted by atomic mass is 32.2. The Morgan fingerprint density at radius 2 is 1.83 bits per heavy atom. The highest BCUT2D eigenvalue weighted by Gasteiger charge is 2.27. The maximum absolute atomic E-state index is 12.1. The van der Waals surface area contributed by atoms with Gasteiger partial charge in [0.05, 0.1) is 5.25 Å². The molecule has 0 aliphatic heterocycles. The van der Waals surface area contributed by atoms with E-state index >= 15 is 0 Å². The van der Waals surface area contributed by atoms with Gasteiger partial charge in [-0.25, -0.2) is 4.79 Å². The second-order valence-electron chi connectivity index (χ2n) is 5.87. The quantitative estimate of drug-likeness (QED) is 0.806. The number of aryl methyl sites for hydroxylation is 1. The van der Waals surface area contributed by atoms with Crippen LogP contribution in [0.2, 0.25) is 0 Å². The molecule has 1 aromatic heterocycles. The average molecular weight is 347 g/mol. The lowest BCUT2D eigenvalue weighted by Crippen LogP contribution is -2.42. The summed E-state index contributed by atoms with van der Waals surface area (Å²) in [7, 11) is 1.85. The van der Waals surface area contributed by atoms with E-state index in [9.17, 15) is 9.59 Å². The summed E-state index contributed by atoms with van der Waals surface area (Å²) in [5, 5.41) is 10.6. The minimum Gasteiger partial charge on any atom is -0.351 e. The topological polar surface area (TPSA) is 103 Å². The van der Waals surface area contributed by atoms with Crippen LogP contribution in [0.25, 0.3) is 11.4 Å². The van der Waals surface area contributed by atoms with Crippen molar-refractivity contribution in [1.29, 1.82) is 0 Å². The molecular formula is C16H21N5O2S. The molecule has 0 saturated carbocycles. The van der Waals surface area contributed by atoms with Crippen molar-refractivity contribution in [3.05, 3.63) is 29.8 Å². The van der Waals surface area contributed by atoms with Crippen molar-refractivity contribution < 1.29 is 9.59 Å². The van der Waals surface area contributed by atoms with E-state index in [1.165, 1.54) is 17.3 Å². The molecule has 3 N–H and O–H groups in total. The first kappa shape index (κ1) is 18.0. The number of benzene rings is 1. The van der Waals surface area contributed by atoms with Crippen LogP contribution in [0.1, 0.15) is 19.4 Å². The third kappa shape index (κ3) is 4.14. The van der Waals surface area contributed by atoms with E-state index in [2.05, 4.69) is 15.5 Å². The fraction of sp³-hybridized carbons (Fsp3) is 0.375. The molecular weight excluding hydrogens is 326 g/mol. The molecule has 24 heavy (non-hydrogen) atoms. The molecule has 1 heterocycles. The summed E-state index contributed by atoms with van der Waals surface area (Å²) in [5.41, 5.74) is 7.15. The fourth-order valence-corrected chi connectivity index (χ4v) is 3.17. The predicted octanol–water partition coefficient (Wildman–Crippen LogP) is 2.10. The molecule has 0 bridgehead atoms. The van der Waals surface area contributed by atoms with E-state index in [0.29, 0.717) is 5.16 Å². The molecule has 0 saturated heterocycles. The second-order valence-corrected chi connectivity index (χ2v) is 6.98. The molecule has 0 spiro atoms. The number of urea groups is 1. The van der Waals surface area contributed by atoms with Crippen LogP contribution < -0.4 is 11.1 Å². The number of carbonyl (C=O) groups is 2. The van der Waals surface area contributed by atoms with E-state index in [4.69, 9.17) is 5.73 Å². The first-order valence-electron chi connectivity index (χ1n) is 7.53. The van der Waals surface area contributed by atoms with Crippen molar-refractivity contribution >= 4 is 23.7 Å². The van der Waals surface area contributed by atoms with Gasteiger partial charge >= 0.3 is 6.03 Å². The van der Waals surface area contributed by atoms with Gasteiger partial charge in [-0.2, -0.15) is 0 Å². The van der Waals surface area contributed by atoms with Gasteiger partial charge in [-0.3, -0.25) is 10.1 Å². The maximum Gasteiger partial charge on any atom is 0.318 e. The SMILES string of the molecule is Cc1ccc(-c2nnc(SC(C(=O)NC(N)=O)C(C)C)n2C)cc1. The number of hydrogen-bond acceptors (Lipinski definition) is 5. The Labute approximate surface area is 145 Å². The van der Waals surface area contributed by atoms with Gasteiger partial charge in [-0.1, -0.05) is 55.4 Å². The Bertz CT molecular complexity index is 739. The van der Waals surface area contributed by atoms with Gasteiger partial charge in [0.1, 0.15) is 0 Å². The summed E-state index contributed by atoms with van der Waals surface area (Å²) < 4.78 is 1.84. The van der Waals surface area contributed by atoms with Crippen LogP contribution in [0.5, 0.6) is 0 Å². The zero-order chi connectivity index (χ0) is 17.9. The van der Waals surface area contributed by atoms with E-state index in [-0.39, 0.29) is 5.92 Å². The zero-order valence-electron chi connectivity index (χ0n) is 14.1. The smallest absolute Gasteiger partial charge is 0.318 e. The molecule has 128 valence electrons. The molecule has 0 fully saturated rings. The Balaban J connectivity index is 2.24. The molecule has 7 nitrogen and oxygen atoms in total. The van der Waals surface area contributed by atoms with Gasteiger partial charge in [0.2, 0.25) is 5.91 Å². The van der Waals surface area contributed by atoms with Crippen LogP contribution in [0.3, 0.4) is 0 Å². The lowest BCUT2D eigenvalue weighted by molar-refractivity contribution is -0.120. The van der Waals surface area contributed by atoms with E-state index < -0.39 is 17.2 Å². The van der Waals surface area contributed by atoms with Crippen molar-refractivity contribution in [1.82, 2.24) is 20.1 Å². The molecule has 2 aromatic rings. The number of nitrogens with one attached hydrogen (secondary N) is 1. The summed E-state index contributed by atoms with van der Waals surface area (Å²) in [5.74, 6) is 0.284. The Morgan fingerprint density at radius 3 is 2.38 bits per heavy atom. The van der Waals surface area contributed by atoms with Gasteiger partial charge in [0, 0.05) is 12.6 Å². The Morgan fingerprint density at radius 1 is 1.21 bits per heavy atom. The summed E-state index contributed by atoms with van der Waals surface area (Å²) in [4.78, 5) is 23.1. The minimum atomic E-state index is -0.857. The molecule has 8 heteroatoms. The number of carbonyl (C=O) groups excluding carboxylic acids is 2. The van der Waals surface area contributed by atoms with E-state index in [1.807, 2.05) is 56.7 Å². The monoisotopic (exact) mass is 347 g/mol. The van der Waals surface area contributed by atoms with Crippen LogP contribution >= 0.6 is 11.8 Å². The molecule has 1 atom stereocenters. The van der Waals surface area contributed by atoms with Gasteiger partial charge < -0.3 is 10.3 Å². The standard InChI is InChI=1S/C16H21N5O2S/c1-9(2)12(14(22)18-15(17)23)24-16-20-19-13(21(16)4)11-7-5-10(3)6-8-11/h5-9,12H,1-4H3,(H3,17,18,22,23). The molecule has 0 aliphatic carbocycles. The van der Waals surface area contributed by atoms with Crippen molar-refractivity contribution in [2.75, 3.05) is 0 Å². The van der Waals surface area contributed by atoms with Crippen LogP contribution in [0, 0.1) is 12.8 Å². The highest BCUT2D eigenvalue weighted by molar-refractivity contribution is 8.00. The fourth-order valence-electron chi connectivity index (χ4n) is 2.17. The molecule has 1 aromatic carbocycles. The molecule has 3 amide bonds. The van der Waals surface area contributed by atoms with Crippen LogP contribution in [-0.4, -0.2) is 32.0 Å². The molecule has 1 unspecified atom stereocenters. The lowest BCUT2D eigenvalue weighted by atomic mass is 10.1. The van der Waals surface area contributed by atoms with Gasteiger partial charge in [0.25, 0.3) is 0 Å². The Kier molecular flexibility index (Phi) is 5.61. The first-order valence-corrected chi connectivity index (χ1v) is 8.41. The number of amides is 3. The number of nitrogens with two attached hydrogens (primary N) is 1. The van der Waals surface area contributed by atoms with Crippen molar-refractivity contribution in [3.63, 3.8) is 0 Å². The summed E-state index contributed by atoms with van der Waals surface area (Å²) in [6, 6.07) is 7.12. The third-order valence-corrected chi connectivity index (χ3v) is 5.07. The van der Waals surface area contributed by atoms with Crippen molar-refractivity contribution in [2.24, 2.45) is 18.7 Å². The number of imide groups is 1. The number of aromatic nitrogens is 3. The number of rotatable bonds is 5. The van der Waals surface area contributed by atoms with Crippen molar-refractivity contribution in [3.8, 4) is 11.4 Å². The number of hydrogen-bond donors (Lipinski definition) is 2. The first-order chi connectivity index (χ1) is 11.3. The predicted molar refractivity (Wildman–Crippen MR) is 93.4 cm³/mol. The molecule has 2 rings (SSSR count). The van der Waals surface area contributed by atoms with E-state index in [1.54, 1.807) is 0 Å². The number of primary amides is 1. The largest absolute Gasteiger partial charge is 0.351 e. The zero-order valence-corrected chi connectivity index (χ0v) is 14.9. The van der Waals surface area contributed by atoms with Crippen LogP contribution in [-0.2, 0) is 11.8 Å². The molecule has 0 radical (unpaired) electrons. The number of nitrogens with zero attached hydrogens (tertiary/aromatic N) is 3. The van der Waals surface area contributed by atoms with Gasteiger partial charge in [-0.15, -0.1) is 10.2 Å². The average Bonchev–Trinajstić information content (AvgIpc) is 2.85. The highest BCUT2D eigenvalue weighted by Crippen LogP contribution is 2.29. The van der Waals surface area contributed by atoms with E-state index in [0.717, 1.165) is 11.4 Å². The summed E-state index contributed by atoms with van der Waals surface area (Å²) in [6.45, 7) is 5.82.